The van der Waals surface area contributed by atoms with E-state index in [9.17, 15) is 0 Å². The maximum absolute atomic E-state index is 9.09. The van der Waals surface area contributed by atoms with Gasteiger partial charge in [-0.3, -0.25) is 10.2 Å². The van der Waals surface area contributed by atoms with Gasteiger partial charge in [0.15, 0.2) is 0 Å². The third kappa shape index (κ3) is 4.63. The highest BCUT2D eigenvalue weighted by Gasteiger charge is 2.30. The number of nitriles is 1. The second-order valence-electron chi connectivity index (χ2n) is 5.17. The van der Waals surface area contributed by atoms with Crippen molar-refractivity contribution in [3.05, 3.63) is 0 Å². The van der Waals surface area contributed by atoms with Crippen molar-refractivity contribution in [1.29, 1.82) is 5.26 Å². The van der Waals surface area contributed by atoms with Crippen LogP contribution in [0.2, 0.25) is 0 Å². The van der Waals surface area contributed by atoms with Crippen LogP contribution >= 0.6 is 0 Å². The van der Waals surface area contributed by atoms with Gasteiger partial charge >= 0.3 is 0 Å². The van der Waals surface area contributed by atoms with Gasteiger partial charge in [-0.25, -0.2) is 0 Å². The Labute approximate surface area is 104 Å². The van der Waals surface area contributed by atoms with Crippen LogP contribution in [0.4, 0.5) is 0 Å². The summed E-state index contributed by atoms with van der Waals surface area (Å²) in [6.45, 7) is 2.82. The Balaban J connectivity index is 1.67. The molecular weight excluding hydrogens is 214 g/mol. The molecule has 0 aromatic heterocycles. The zero-order valence-electron chi connectivity index (χ0n) is 10.7. The first kappa shape index (κ1) is 12.8. The number of rotatable bonds is 9. The van der Waals surface area contributed by atoms with Gasteiger partial charge in [0, 0.05) is 32.3 Å². The Kier molecular flexibility index (Phi) is 4.78. The van der Waals surface area contributed by atoms with Gasteiger partial charge in [-0.1, -0.05) is 0 Å². The van der Waals surface area contributed by atoms with E-state index >= 15 is 0 Å². The molecule has 2 saturated carbocycles. The van der Waals surface area contributed by atoms with Crippen LogP contribution in [0.15, 0.2) is 0 Å². The number of hydrogen-bond acceptors (Lipinski definition) is 4. The summed E-state index contributed by atoms with van der Waals surface area (Å²) in [5.41, 5.74) is 0. The maximum Gasteiger partial charge on any atom is 0.0967 e. The van der Waals surface area contributed by atoms with Crippen LogP contribution in [-0.4, -0.2) is 49.8 Å². The minimum absolute atomic E-state index is 0.0336. The molecule has 1 N–H and O–H groups in total. The smallest absolute Gasteiger partial charge is 0.0967 e. The molecule has 1 unspecified atom stereocenters. The molecule has 2 fully saturated rings. The van der Waals surface area contributed by atoms with Gasteiger partial charge < -0.3 is 4.74 Å². The summed E-state index contributed by atoms with van der Waals surface area (Å²) in [6.07, 6.45) is 6.06. The van der Waals surface area contributed by atoms with E-state index in [1.165, 1.54) is 25.7 Å². The summed E-state index contributed by atoms with van der Waals surface area (Å²) < 4.78 is 5.14. The van der Waals surface area contributed by atoms with Crippen molar-refractivity contribution < 1.29 is 4.74 Å². The molecule has 0 aliphatic heterocycles. The molecule has 0 spiro atoms. The average molecular weight is 237 g/mol. The zero-order valence-corrected chi connectivity index (χ0v) is 10.7. The molecule has 0 bridgehead atoms. The van der Waals surface area contributed by atoms with Gasteiger partial charge in [-0.15, -0.1) is 0 Å². The summed E-state index contributed by atoms with van der Waals surface area (Å²) in [6, 6.07) is 3.78. The minimum atomic E-state index is 0.0336. The molecular formula is C13H23N3O. The fraction of sp³-hybridized carbons (Fsp3) is 0.923. The Hall–Kier alpha value is -0.630. The summed E-state index contributed by atoms with van der Waals surface area (Å²) in [5.74, 6) is 0. The molecule has 0 radical (unpaired) electrons. The van der Waals surface area contributed by atoms with E-state index in [2.05, 4.69) is 16.3 Å². The van der Waals surface area contributed by atoms with Crippen LogP contribution < -0.4 is 5.32 Å². The third-order valence-electron chi connectivity index (χ3n) is 3.52. The van der Waals surface area contributed by atoms with Gasteiger partial charge in [-0.2, -0.15) is 5.26 Å². The van der Waals surface area contributed by atoms with Crippen molar-refractivity contribution in [1.82, 2.24) is 10.2 Å². The fourth-order valence-corrected chi connectivity index (χ4v) is 2.14. The molecule has 0 aromatic rings. The molecule has 0 amide bonds. The van der Waals surface area contributed by atoms with E-state index in [0.717, 1.165) is 32.2 Å². The fourth-order valence-electron chi connectivity index (χ4n) is 2.14. The molecule has 1 atom stereocenters. The SMILES string of the molecule is COCCN(CCC(C#N)NC1CC1)C1CC1. The molecule has 2 aliphatic carbocycles. The molecule has 4 heteroatoms. The van der Waals surface area contributed by atoms with Crippen molar-refractivity contribution in [2.75, 3.05) is 26.8 Å². The van der Waals surface area contributed by atoms with E-state index in [1.807, 2.05) is 0 Å². The zero-order chi connectivity index (χ0) is 12.1. The van der Waals surface area contributed by atoms with Gasteiger partial charge in [0.2, 0.25) is 0 Å². The molecule has 2 aliphatic rings. The highest BCUT2D eigenvalue weighted by atomic mass is 16.5. The van der Waals surface area contributed by atoms with Crippen LogP contribution in [-0.2, 0) is 4.74 Å². The Morgan fingerprint density at radius 1 is 1.35 bits per heavy atom. The van der Waals surface area contributed by atoms with Gasteiger partial charge in [0.25, 0.3) is 0 Å². The van der Waals surface area contributed by atoms with E-state index in [1.54, 1.807) is 7.11 Å². The van der Waals surface area contributed by atoms with Gasteiger partial charge in [0.1, 0.15) is 0 Å². The highest BCUT2D eigenvalue weighted by Crippen LogP contribution is 2.27. The lowest BCUT2D eigenvalue weighted by Gasteiger charge is -2.23. The topological polar surface area (TPSA) is 48.3 Å². The second kappa shape index (κ2) is 6.34. The van der Waals surface area contributed by atoms with Crippen molar-refractivity contribution in [3.8, 4) is 6.07 Å². The number of ether oxygens (including phenoxy) is 1. The predicted octanol–water partition coefficient (Wildman–Crippen LogP) is 1.13. The Morgan fingerprint density at radius 3 is 2.65 bits per heavy atom. The first-order chi connectivity index (χ1) is 8.33. The number of nitrogens with one attached hydrogen (secondary N) is 1. The maximum atomic E-state index is 9.09. The Bertz CT molecular complexity index is 268. The average Bonchev–Trinajstić information content (AvgIpc) is 3.19. The van der Waals surface area contributed by atoms with E-state index in [-0.39, 0.29) is 6.04 Å². The molecule has 4 nitrogen and oxygen atoms in total. The summed E-state index contributed by atoms with van der Waals surface area (Å²) in [4.78, 5) is 2.47. The van der Waals surface area contributed by atoms with Crippen LogP contribution in [0, 0.1) is 11.3 Å². The van der Waals surface area contributed by atoms with Crippen molar-refractivity contribution in [2.24, 2.45) is 0 Å². The van der Waals surface area contributed by atoms with Gasteiger partial charge in [0.05, 0.1) is 18.7 Å². The number of hydrogen-bond donors (Lipinski definition) is 1. The van der Waals surface area contributed by atoms with Crippen molar-refractivity contribution in [2.45, 2.75) is 50.2 Å². The number of methoxy groups -OCH3 is 1. The summed E-state index contributed by atoms with van der Waals surface area (Å²) in [5, 5.41) is 12.5. The second-order valence-corrected chi connectivity index (χ2v) is 5.17. The lowest BCUT2D eigenvalue weighted by molar-refractivity contribution is 0.141. The van der Waals surface area contributed by atoms with Crippen LogP contribution in [0.3, 0.4) is 0 Å². The van der Waals surface area contributed by atoms with E-state index < -0.39 is 0 Å². The van der Waals surface area contributed by atoms with E-state index in [4.69, 9.17) is 10.00 Å². The van der Waals surface area contributed by atoms with Gasteiger partial charge in [-0.05, 0) is 32.1 Å². The predicted molar refractivity (Wildman–Crippen MR) is 66.6 cm³/mol. The quantitative estimate of drug-likeness (QED) is 0.653. The first-order valence-electron chi connectivity index (χ1n) is 6.72. The van der Waals surface area contributed by atoms with Crippen LogP contribution in [0.25, 0.3) is 0 Å². The molecule has 17 heavy (non-hydrogen) atoms. The van der Waals surface area contributed by atoms with Crippen molar-refractivity contribution >= 4 is 0 Å². The molecule has 0 heterocycles. The van der Waals surface area contributed by atoms with Crippen molar-refractivity contribution in [3.63, 3.8) is 0 Å². The molecule has 2 rings (SSSR count). The normalized spacial score (nSPS) is 21.5. The highest BCUT2D eigenvalue weighted by molar-refractivity contribution is 4.96. The standard InChI is InChI=1S/C13H23N3O/c1-17-9-8-16(13-4-5-13)7-6-12(10-14)15-11-2-3-11/h11-13,15H,2-9H2,1H3. The van der Waals surface area contributed by atoms with Crippen LogP contribution in [0.5, 0.6) is 0 Å². The summed E-state index contributed by atoms with van der Waals surface area (Å²) >= 11 is 0. The third-order valence-corrected chi connectivity index (χ3v) is 3.52. The number of nitrogens with zero attached hydrogens (tertiary/aromatic N) is 2. The largest absolute Gasteiger partial charge is 0.383 e. The van der Waals surface area contributed by atoms with E-state index in [0.29, 0.717) is 6.04 Å². The summed E-state index contributed by atoms with van der Waals surface area (Å²) in [7, 11) is 1.75. The molecule has 0 saturated heterocycles. The lowest BCUT2D eigenvalue weighted by Crippen LogP contribution is -2.36. The minimum Gasteiger partial charge on any atom is -0.383 e. The molecule has 0 aromatic carbocycles. The Morgan fingerprint density at radius 2 is 2.12 bits per heavy atom. The lowest BCUT2D eigenvalue weighted by atomic mass is 10.2. The molecule has 96 valence electrons. The first-order valence-corrected chi connectivity index (χ1v) is 6.72. The van der Waals surface area contributed by atoms with Crippen LogP contribution in [0.1, 0.15) is 32.1 Å². The monoisotopic (exact) mass is 237 g/mol.